The molecule has 106 valence electrons. The molecule has 0 aromatic heterocycles. The lowest BCUT2D eigenvalue weighted by molar-refractivity contribution is -0.123. The second-order valence-electron chi connectivity index (χ2n) is 4.91. The maximum Gasteiger partial charge on any atom is 0.236 e. The number of carbonyl (C=O) groups is 1. The van der Waals surface area contributed by atoms with E-state index in [1.54, 1.807) is 7.11 Å². The lowest BCUT2D eigenvalue weighted by Gasteiger charge is -2.30. The summed E-state index contributed by atoms with van der Waals surface area (Å²) in [5, 5.41) is 6.21. The molecule has 1 fully saturated rings. The molecule has 0 aromatic carbocycles. The van der Waals surface area contributed by atoms with Gasteiger partial charge in [0.2, 0.25) is 5.91 Å². The highest BCUT2D eigenvalue weighted by Gasteiger charge is 2.23. The van der Waals surface area contributed by atoms with Crippen molar-refractivity contribution in [2.24, 2.45) is 5.92 Å². The van der Waals surface area contributed by atoms with Crippen LogP contribution in [0.2, 0.25) is 0 Å². The Kier molecular flexibility index (Phi) is 7.23. The molecule has 1 amide bonds. The van der Waals surface area contributed by atoms with Crippen molar-refractivity contribution in [2.75, 3.05) is 33.5 Å². The lowest BCUT2D eigenvalue weighted by atomic mass is 9.92. The molecule has 2 N–H and O–H groups in total. The SMILES string of the molecule is COCCNC(=O)C(C)NC(C)C1CCOCC1. The van der Waals surface area contributed by atoms with Gasteiger partial charge in [-0.3, -0.25) is 4.79 Å². The number of hydrogen-bond acceptors (Lipinski definition) is 4. The van der Waals surface area contributed by atoms with E-state index in [2.05, 4.69) is 17.6 Å². The number of amides is 1. The lowest BCUT2D eigenvalue weighted by Crippen LogP contribution is -2.49. The second-order valence-corrected chi connectivity index (χ2v) is 4.91. The number of rotatable bonds is 7. The maximum atomic E-state index is 11.8. The molecule has 0 saturated carbocycles. The molecule has 1 heterocycles. The summed E-state index contributed by atoms with van der Waals surface area (Å²) in [5.74, 6) is 0.638. The van der Waals surface area contributed by atoms with Gasteiger partial charge in [-0.25, -0.2) is 0 Å². The van der Waals surface area contributed by atoms with Crippen LogP contribution >= 0.6 is 0 Å². The molecular formula is C13H26N2O3. The van der Waals surface area contributed by atoms with Gasteiger partial charge in [0.15, 0.2) is 0 Å². The van der Waals surface area contributed by atoms with Gasteiger partial charge < -0.3 is 20.1 Å². The van der Waals surface area contributed by atoms with Crippen molar-refractivity contribution in [1.29, 1.82) is 0 Å². The molecule has 1 aliphatic heterocycles. The Balaban J connectivity index is 2.24. The molecule has 0 aliphatic carbocycles. The Bertz CT molecular complexity index is 242. The third-order valence-corrected chi connectivity index (χ3v) is 3.48. The van der Waals surface area contributed by atoms with Crippen LogP contribution in [0.4, 0.5) is 0 Å². The summed E-state index contributed by atoms with van der Waals surface area (Å²) in [4.78, 5) is 11.8. The molecule has 1 saturated heterocycles. The zero-order chi connectivity index (χ0) is 13.4. The molecule has 0 aromatic rings. The standard InChI is InChI=1S/C13H26N2O3/c1-10(12-4-7-18-8-5-12)15-11(2)13(16)14-6-9-17-3/h10-12,15H,4-9H2,1-3H3,(H,14,16). The molecule has 1 aliphatic rings. The number of ether oxygens (including phenoxy) is 2. The first kappa shape index (κ1) is 15.4. The Morgan fingerprint density at radius 1 is 1.39 bits per heavy atom. The van der Waals surface area contributed by atoms with Crippen molar-refractivity contribution in [3.8, 4) is 0 Å². The van der Waals surface area contributed by atoms with Crippen LogP contribution in [0.25, 0.3) is 0 Å². The van der Waals surface area contributed by atoms with Crippen LogP contribution in [-0.4, -0.2) is 51.5 Å². The predicted molar refractivity (Wildman–Crippen MR) is 70.5 cm³/mol. The smallest absolute Gasteiger partial charge is 0.236 e. The predicted octanol–water partition coefficient (Wildman–Crippen LogP) is 0.542. The van der Waals surface area contributed by atoms with E-state index >= 15 is 0 Å². The third-order valence-electron chi connectivity index (χ3n) is 3.48. The van der Waals surface area contributed by atoms with Gasteiger partial charge in [-0.1, -0.05) is 0 Å². The fraction of sp³-hybridized carbons (Fsp3) is 0.923. The number of hydrogen-bond donors (Lipinski definition) is 2. The van der Waals surface area contributed by atoms with Crippen LogP contribution in [0.5, 0.6) is 0 Å². The summed E-state index contributed by atoms with van der Waals surface area (Å²) >= 11 is 0. The largest absolute Gasteiger partial charge is 0.383 e. The highest BCUT2D eigenvalue weighted by molar-refractivity contribution is 5.81. The maximum absolute atomic E-state index is 11.8. The number of methoxy groups -OCH3 is 1. The highest BCUT2D eigenvalue weighted by atomic mass is 16.5. The number of carbonyl (C=O) groups excluding carboxylic acids is 1. The van der Waals surface area contributed by atoms with E-state index in [4.69, 9.17) is 9.47 Å². The van der Waals surface area contributed by atoms with Gasteiger partial charge in [-0.15, -0.1) is 0 Å². The van der Waals surface area contributed by atoms with Crippen LogP contribution in [-0.2, 0) is 14.3 Å². The monoisotopic (exact) mass is 258 g/mol. The summed E-state index contributed by atoms with van der Waals surface area (Å²) < 4.78 is 10.2. The fourth-order valence-electron chi connectivity index (χ4n) is 2.25. The van der Waals surface area contributed by atoms with Crippen LogP contribution < -0.4 is 10.6 Å². The van der Waals surface area contributed by atoms with E-state index in [1.807, 2.05) is 6.92 Å². The Labute approximate surface area is 110 Å². The van der Waals surface area contributed by atoms with E-state index in [1.165, 1.54) is 0 Å². The molecule has 2 atom stereocenters. The Morgan fingerprint density at radius 2 is 2.06 bits per heavy atom. The van der Waals surface area contributed by atoms with E-state index in [0.717, 1.165) is 26.1 Å². The van der Waals surface area contributed by atoms with Gasteiger partial charge in [0, 0.05) is 32.9 Å². The minimum absolute atomic E-state index is 0.0333. The normalized spacial score (nSPS) is 20.4. The molecule has 18 heavy (non-hydrogen) atoms. The van der Waals surface area contributed by atoms with Crippen LogP contribution in [0, 0.1) is 5.92 Å². The van der Waals surface area contributed by atoms with Gasteiger partial charge in [0.1, 0.15) is 0 Å². The average molecular weight is 258 g/mol. The molecular weight excluding hydrogens is 232 g/mol. The Morgan fingerprint density at radius 3 is 2.67 bits per heavy atom. The average Bonchev–Trinajstić information content (AvgIpc) is 2.39. The van der Waals surface area contributed by atoms with Gasteiger partial charge in [0.25, 0.3) is 0 Å². The van der Waals surface area contributed by atoms with Crippen molar-refractivity contribution in [3.05, 3.63) is 0 Å². The van der Waals surface area contributed by atoms with Crippen molar-refractivity contribution in [2.45, 2.75) is 38.8 Å². The first-order valence-corrected chi connectivity index (χ1v) is 6.75. The van der Waals surface area contributed by atoms with Gasteiger partial charge in [-0.2, -0.15) is 0 Å². The van der Waals surface area contributed by atoms with Crippen molar-refractivity contribution >= 4 is 5.91 Å². The molecule has 2 unspecified atom stereocenters. The molecule has 5 heteroatoms. The van der Waals surface area contributed by atoms with E-state index < -0.39 is 0 Å². The van der Waals surface area contributed by atoms with E-state index in [9.17, 15) is 4.79 Å². The molecule has 5 nitrogen and oxygen atoms in total. The van der Waals surface area contributed by atoms with Crippen molar-refractivity contribution < 1.29 is 14.3 Å². The molecule has 0 bridgehead atoms. The second kappa shape index (κ2) is 8.45. The summed E-state index contributed by atoms with van der Waals surface area (Å²) in [7, 11) is 1.63. The van der Waals surface area contributed by atoms with Crippen LogP contribution in [0.3, 0.4) is 0 Å². The summed E-state index contributed by atoms with van der Waals surface area (Å²) in [6.45, 7) is 6.84. The topological polar surface area (TPSA) is 59.6 Å². The van der Waals surface area contributed by atoms with Crippen molar-refractivity contribution in [3.63, 3.8) is 0 Å². The minimum atomic E-state index is -0.167. The molecule has 0 spiro atoms. The zero-order valence-corrected chi connectivity index (χ0v) is 11.7. The zero-order valence-electron chi connectivity index (χ0n) is 11.7. The Hall–Kier alpha value is -0.650. The first-order chi connectivity index (χ1) is 8.65. The summed E-state index contributed by atoms with van der Waals surface area (Å²) in [6, 6.07) is 0.178. The molecule has 1 rings (SSSR count). The molecule has 0 radical (unpaired) electrons. The minimum Gasteiger partial charge on any atom is -0.383 e. The van der Waals surface area contributed by atoms with Gasteiger partial charge in [-0.05, 0) is 32.6 Å². The summed E-state index contributed by atoms with van der Waals surface area (Å²) in [6.07, 6.45) is 2.15. The van der Waals surface area contributed by atoms with Gasteiger partial charge in [0.05, 0.1) is 12.6 Å². The van der Waals surface area contributed by atoms with Crippen LogP contribution in [0.15, 0.2) is 0 Å². The third kappa shape index (κ3) is 5.33. The van der Waals surface area contributed by atoms with Gasteiger partial charge >= 0.3 is 0 Å². The quantitative estimate of drug-likeness (QED) is 0.655. The summed E-state index contributed by atoms with van der Waals surface area (Å²) in [5.41, 5.74) is 0. The van der Waals surface area contributed by atoms with Crippen LogP contribution in [0.1, 0.15) is 26.7 Å². The van der Waals surface area contributed by atoms with E-state index in [0.29, 0.717) is 25.1 Å². The fourth-order valence-corrected chi connectivity index (χ4v) is 2.25. The number of nitrogens with one attached hydrogen (secondary N) is 2. The first-order valence-electron chi connectivity index (χ1n) is 6.75. The highest BCUT2D eigenvalue weighted by Crippen LogP contribution is 2.18. The van der Waals surface area contributed by atoms with Crippen molar-refractivity contribution in [1.82, 2.24) is 10.6 Å². The van der Waals surface area contributed by atoms with E-state index in [-0.39, 0.29) is 11.9 Å².